The third-order valence-electron chi connectivity index (χ3n) is 5.13. The van der Waals surface area contributed by atoms with Crippen molar-refractivity contribution in [1.29, 1.82) is 0 Å². The predicted molar refractivity (Wildman–Crippen MR) is 109 cm³/mol. The molecule has 8 heteroatoms. The fourth-order valence-electron chi connectivity index (χ4n) is 3.64. The van der Waals surface area contributed by atoms with E-state index in [1.54, 1.807) is 4.31 Å². The van der Waals surface area contributed by atoms with Crippen molar-refractivity contribution < 1.29 is 16.8 Å². The molecule has 0 bridgehead atoms. The Balaban J connectivity index is 1.78. The molecule has 2 aromatic carbocycles. The summed E-state index contributed by atoms with van der Waals surface area (Å²) in [6.07, 6.45) is 2.68. The Kier molecular flexibility index (Phi) is 6.24. The van der Waals surface area contributed by atoms with Crippen LogP contribution in [0.4, 0.5) is 0 Å². The van der Waals surface area contributed by atoms with Gasteiger partial charge < -0.3 is 0 Å². The number of piperidine rings is 1. The van der Waals surface area contributed by atoms with Crippen molar-refractivity contribution in [2.75, 3.05) is 0 Å². The summed E-state index contributed by atoms with van der Waals surface area (Å²) < 4.78 is 55.2. The molecule has 1 aliphatic heterocycles. The minimum Gasteiger partial charge on any atom is -0.207 e. The maximum atomic E-state index is 13.0. The molecular weight excluding hydrogens is 396 g/mol. The van der Waals surface area contributed by atoms with Gasteiger partial charge in [0.1, 0.15) is 0 Å². The molecule has 1 aliphatic rings. The van der Waals surface area contributed by atoms with Gasteiger partial charge in [-0.05, 0) is 56.5 Å². The molecule has 2 atom stereocenters. The fourth-order valence-corrected chi connectivity index (χ4v) is 6.54. The highest BCUT2D eigenvalue weighted by atomic mass is 32.2. The highest BCUT2D eigenvalue weighted by molar-refractivity contribution is 7.89. The molecule has 1 heterocycles. The van der Waals surface area contributed by atoms with Crippen molar-refractivity contribution in [3.8, 4) is 0 Å². The third-order valence-corrected chi connectivity index (χ3v) is 8.69. The van der Waals surface area contributed by atoms with Crippen LogP contribution in [0.2, 0.25) is 0 Å². The molecule has 0 aliphatic carbocycles. The van der Waals surface area contributed by atoms with E-state index in [1.807, 2.05) is 44.2 Å². The predicted octanol–water partition coefficient (Wildman–Crippen LogP) is 3.12. The molecule has 1 N–H and O–H groups in total. The Labute approximate surface area is 167 Å². The second kappa shape index (κ2) is 8.32. The number of nitrogens with zero attached hydrogens (tertiary/aromatic N) is 1. The van der Waals surface area contributed by atoms with Crippen molar-refractivity contribution in [3.63, 3.8) is 0 Å². The SMILES string of the molecule is C[C@@H]1CCC[C@H](C)N1S(=O)(=O)c1ccc(S(=O)(=O)NCc2ccccc2)cc1. The van der Waals surface area contributed by atoms with Crippen LogP contribution in [0, 0.1) is 0 Å². The van der Waals surface area contributed by atoms with Gasteiger partial charge in [0.25, 0.3) is 0 Å². The smallest absolute Gasteiger partial charge is 0.207 e. The lowest BCUT2D eigenvalue weighted by Gasteiger charge is -2.37. The highest BCUT2D eigenvalue weighted by Crippen LogP contribution is 2.29. The number of nitrogens with one attached hydrogen (secondary N) is 1. The van der Waals surface area contributed by atoms with Crippen molar-refractivity contribution >= 4 is 20.0 Å². The number of benzene rings is 2. The van der Waals surface area contributed by atoms with Crippen molar-refractivity contribution in [1.82, 2.24) is 9.03 Å². The summed E-state index contributed by atoms with van der Waals surface area (Å²) in [7, 11) is -7.39. The van der Waals surface area contributed by atoms with Crippen LogP contribution in [0.1, 0.15) is 38.7 Å². The van der Waals surface area contributed by atoms with Gasteiger partial charge in [-0.3, -0.25) is 0 Å². The summed E-state index contributed by atoms with van der Waals surface area (Å²) in [5.41, 5.74) is 0.846. The van der Waals surface area contributed by atoms with Gasteiger partial charge in [0.2, 0.25) is 20.0 Å². The van der Waals surface area contributed by atoms with E-state index in [2.05, 4.69) is 4.72 Å². The molecule has 152 valence electrons. The quantitative estimate of drug-likeness (QED) is 0.775. The lowest BCUT2D eigenvalue weighted by Crippen LogP contribution is -2.47. The van der Waals surface area contributed by atoms with Crippen LogP contribution in [0.15, 0.2) is 64.4 Å². The standard InChI is InChI=1S/C20H26N2O4S2/c1-16-7-6-8-17(2)22(16)28(25,26)20-13-11-19(12-14-20)27(23,24)21-15-18-9-4-3-5-10-18/h3-5,9-14,16-17,21H,6-8,15H2,1-2H3/t16-,17+. The van der Waals surface area contributed by atoms with Crippen LogP contribution in [-0.2, 0) is 26.6 Å². The minimum absolute atomic E-state index is 0.0436. The van der Waals surface area contributed by atoms with E-state index in [1.165, 1.54) is 24.3 Å². The Morgan fingerprint density at radius 1 is 0.857 bits per heavy atom. The Morgan fingerprint density at radius 3 is 1.96 bits per heavy atom. The maximum absolute atomic E-state index is 13.0. The zero-order chi connectivity index (χ0) is 20.4. The normalized spacial score (nSPS) is 21.5. The molecule has 0 radical (unpaired) electrons. The van der Waals surface area contributed by atoms with Gasteiger partial charge in [-0.1, -0.05) is 36.8 Å². The lowest BCUT2D eigenvalue weighted by atomic mass is 10.0. The summed E-state index contributed by atoms with van der Waals surface area (Å²) in [4.78, 5) is 0.164. The van der Waals surface area contributed by atoms with E-state index in [0.29, 0.717) is 0 Å². The van der Waals surface area contributed by atoms with Gasteiger partial charge in [0.15, 0.2) is 0 Å². The minimum atomic E-state index is -3.73. The molecule has 0 aromatic heterocycles. The first-order chi connectivity index (χ1) is 13.2. The van der Waals surface area contributed by atoms with Crippen LogP contribution in [0.5, 0.6) is 0 Å². The fraction of sp³-hybridized carbons (Fsp3) is 0.400. The topological polar surface area (TPSA) is 83.6 Å². The van der Waals surface area contributed by atoms with E-state index in [9.17, 15) is 16.8 Å². The van der Waals surface area contributed by atoms with Gasteiger partial charge in [0, 0.05) is 18.6 Å². The molecule has 2 aromatic rings. The van der Waals surface area contributed by atoms with Crippen LogP contribution in [0.25, 0.3) is 0 Å². The second-order valence-corrected chi connectivity index (χ2v) is 10.9. The molecule has 0 amide bonds. The molecule has 1 fully saturated rings. The average Bonchev–Trinajstić information content (AvgIpc) is 2.67. The van der Waals surface area contributed by atoms with E-state index in [0.717, 1.165) is 24.8 Å². The summed E-state index contributed by atoms with van der Waals surface area (Å²) in [5, 5.41) is 0. The van der Waals surface area contributed by atoms with Gasteiger partial charge in [0.05, 0.1) is 9.79 Å². The zero-order valence-electron chi connectivity index (χ0n) is 16.1. The lowest BCUT2D eigenvalue weighted by molar-refractivity contribution is 0.204. The van der Waals surface area contributed by atoms with Gasteiger partial charge in [-0.25, -0.2) is 21.6 Å². The largest absolute Gasteiger partial charge is 0.243 e. The first-order valence-electron chi connectivity index (χ1n) is 9.39. The third kappa shape index (κ3) is 4.46. The van der Waals surface area contributed by atoms with Gasteiger partial charge in [-0.15, -0.1) is 0 Å². The average molecular weight is 423 g/mol. The van der Waals surface area contributed by atoms with Gasteiger partial charge >= 0.3 is 0 Å². The molecule has 28 heavy (non-hydrogen) atoms. The first kappa shape index (κ1) is 21.0. The van der Waals surface area contributed by atoms with Gasteiger partial charge in [-0.2, -0.15) is 4.31 Å². The molecule has 1 saturated heterocycles. The molecule has 0 unspecified atom stereocenters. The molecule has 3 rings (SSSR count). The Hall–Kier alpha value is -1.74. The number of hydrogen-bond acceptors (Lipinski definition) is 4. The zero-order valence-corrected chi connectivity index (χ0v) is 17.7. The van der Waals surface area contributed by atoms with Crippen molar-refractivity contribution in [2.24, 2.45) is 0 Å². The summed E-state index contributed by atoms with van der Waals surface area (Å²) >= 11 is 0. The number of rotatable bonds is 6. The molecule has 0 saturated carbocycles. The van der Waals surface area contributed by atoms with E-state index >= 15 is 0 Å². The van der Waals surface area contributed by atoms with E-state index < -0.39 is 20.0 Å². The van der Waals surface area contributed by atoms with Crippen molar-refractivity contribution in [3.05, 3.63) is 60.2 Å². The summed E-state index contributed by atoms with van der Waals surface area (Å²) in [6.45, 7) is 4.01. The van der Waals surface area contributed by atoms with Crippen LogP contribution in [0.3, 0.4) is 0 Å². The molecular formula is C20H26N2O4S2. The molecule has 0 spiro atoms. The second-order valence-electron chi connectivity index (χ2n) is 7.25. The molecule has 6 nitrogen and oxygen atoms in total. The monoisotopic (exact) mass is 422 g/mol. The Morgan fingerprint density at radius 2 is 1.39 bits per heavy atom. The maximum Gasteiger partial charge on any atom is 0.243 e. The van der Waals surface area contributed by atoms with Crippen LogP contribution < -0.4 is 4.72 Å². The highest BCUT2D eigenvalue weighted by Gasteiger charge is 2.35. The summed E-state index contributed by atoms with van der Waals surface area (Å²) in [5.74, 6) is 0. The Bertz CT molecular complexity index is 994. The van der Waals surface area contributed by atoms with Crippen molar-refractivity contribution in [2.45, 2.75) is 61.5 Å². The van der Waals surface area contributed by atoms with E-state index in [-0.39, 0.29) is 28.4 Å². The number of hydrogen-bond donors (Lipinski definition) is 1. The number of sulfonamides is 2. The van der Waals surface area contributed by atoms with Crippen LogP contribution in [-0.4, -0.2) is 33.2 Å². The summed E-state index contributed by atoms with van der Waals surface area (Å²) in [6, 6.07) is 14.5. The first-order valence-corrected chi connectivity index (χ1v) is 12.3. The van der Waals surface area contributed by atoms with E-state index in [4.69, 9.17) is 0 Å². The van der Waals surface area contributed by atoms with Crippen LogP contribution >= 0.6 is 0 Å².